The summed E-state index contributed by atoms with van der Waals surface area (Å²) in [4.78, 5) is 11.9. The van der Waals surface area contributed by atoms with Gasteiger partial charge in [0.25, 0.3) is 15.9 Å². The van der Waals surface area contributed by atoms with Gasteiger partial charge in [-0.15, -0.1) is 0 Å². The molecule has 152 valence electrons. The summed E-state index contributed by atoms with van der Waals surface area (Å²) in [5.74, 6) is -0.833. The predicted octanol–water partition coefficient (Wildman–Crippen LogP) is 2.96. The highest BCUT2D eigenvalue weighted by Gasteiger charge is 2.20. The normalized spacial score (nSPS) is 11.8. The molecule has 0 aliphatic heterocycles. The Bertz CT molecular complexity index is 1070. The van der Waals surface area contributed by atoms with Crippen molar-refractivity contribution in [2.75, 3.05) is 22.8 Å². The fourth-order valence-corrected chi connectivity index (χ4v) is 4.56. The molecule has 2 aromatic rings. The number of hydrogen-bond donors (Lipinski definition) is 2. The monoisotopic (exact) mass is 464 g/mol. The number of amides is 1. The van der Waals surface area contributed by atoms with Crippen LogP contribution in [-0.2, 0) is 19.9 Å². The summed E-state index contributed by atoms with van der Waals surface area (Å²) < 4.78 is 50.6. The number of benzene rings is 2. The summed E-state index contributed by atoms with van der Waals surface area (Å²) >= 11 is 11.8. The number of nitrogens with one attached hydrogen (secondary N) is 2. The van der Waals surface area contributed by atoms with Crippen LogP contribution in [0.15, 0.2) is 47.4 Å². The van der Waals surface area contributed by atoms with Gasteiger partial charge in [0.1, 0.15) is 4.90 Å². The molecule has 0 unspecified atom stereocenters. The summed E-state index contributed by atoms with van der Waals surface area (Å²) in [5.41, 5.74) is 0.315. The summed E-state index contributed by atoms with van der Waals surface area (Å²) in [7, 11) is -7.29. The van der Waals surface area contributed by atoms with Crippen molar-refractivity contribution in [1.82, 2.24) is 5.32 Å². The van der Waals surface area contributed by atoms with Crippen LogP contribution >= 0.6 is 23.2 Å². The third-order valence-electron chi connectivity index (χ3n) is 3.72. The van der Waals surface area contributed by atoms with Gasteiger partial charge in [-0.1, -0.05) is 30.1 Å². The van der Waals surface area contributed by atoms with Crippen LogP contribution in [0.25, 0.3) is 0 Å². The second-order valence-corrected chi connectivity index (χ2v) is 10.7. The second-order valence-electron chi connectivity index (χ2n) is 5.75. The first kappa shape index (κ1) is 22.5. The van der Waals surface area contributed by atoms with E-state index in [0.717, 1.165) is 6.07 Å². The lowest BCUT2D eigenvalue weighted by atomic mass is 10.2. The van der Waals surface area contributed by atoms with Crippen molar-refractivity contribution in [1.29, 1.82) is 0 Å². The van der Waals surface area contributed by atoms with Gasteiger partial charge in [-0.3, -0.25) is 9.52 Å². The molecule has 0 bridgehead atoms. The average molecular weight is 465 g/mol. The van der Waals surface area contributed by atoms with Gasteiger partial charge >= 0.3 is 0 Å². The Morgan fingerprint density at radius 3 is 2.25 bits per heavy atom. The van der Waals surface area contributed by atoms with Crippen LogP contribution in [-0.4, -0.2) is 40.8 Å². The van der Waals surface area contributed by atoms with Crippen molar-refractivity contribution in [3.63, 3.8) is 0 Å². The lowest BCUT2D eigenvalue weighted by molar-refractivity contribution is 0.0956. The van der Waals surface area contributed by atoms with Gasteiger partial charge in [0.15, 0.2) is 9.84 Å². The van der Waals surface area contributed by atoms with Crippen LogP contribution in [0.1, 0.15) is 17.3 Å². The number of carbonyl (C=O) groups is 1. The maximum Gasteiger partial charge on any atom is 0.263 e. The Hall–Kier alpha value is -1.81. The van der Waals surface area contributed by atoms with Crippen LogP contribution in [0, 0.1) is 0 Å². The van der Waals surface area contributed by atoms with E-state index < -0.39 is 25.8 Å². The number of sulfone groups is 1. The molecule has 0 radical (unpaired) electrons. The number of hydrogen-bond acceptors (Lipinski definition) is 5. The molecule has 28 heavy (non-hydrogen) atoms. The molecule has 0 spiro atoms. The number of halogens is 2. The van der Waals surface area contributed by atoms with E-state index in [1.165, 1.54) is 43.3 Å². The summed E-state index contributed by atoms with van der Waals surface area (Å²) in [6.07, 6.45) is 0. The van der Waals surface area contributed by atoms with Crippen molar-refractivity contribution in [2.24, 2.45) is 0 Å². The second kappa shape index (κ2) is 9.13. The predicted molar refractivity (Wildman–Crippen MR) is 110 cm³/mol. The van der Waals surface area contributed by atoms with Crippen molar-refractivity contribution in [2.45, 2.75) is 11.8 Å². The Morgan fingerprint density at radius 1 is 1.00 bits per heavy atom. The van der Waals surface area contributed by atoms with Gasteiger partial charge in [0.2, 0.25) is 0 Å². The Kier molecular flexibility index (Phi) is 7.33. The largest absolute Gasteiger partial charge is 0.351 e. The summed E-state index contributed by atoms with van der Waals surface area (Å²) in [6.45, 7) is 1.43. The van der Waals surface area contributed by atoms with Gasteiger partial charge in [0, 0.05) is 28.6 Å². The molecule has 11 heteroatoms. The van der Waals surface area contributed by atoms with Crippen LogP contribution in [0.3, 0.4) is 0 Å². The lowest BCUT2D eigenvalue weighted by Gasteiger charge is -2.11. The smallest absolute Gasteiger partial charge is 0.263 e. The highest BCUT2D eigenvalue weighted by atomic mass is 35.5. The molecule has 0 fully saturated rings. The zero-order valence-corrected chi connectivity index (χ0v) is 17.9. The molecule has 2 N–H and O–H groups in total. The molecule has 7 nitrogen and oxygen atoms in total. The molecule has 0 aromatic heterocycles. The van der Waals surface area contributed by atoms with E-state index in [1.54, 1.807) is 0 Å². The zero-order chi connectivity index (χ0) is 20.9. The van der Waals surface area contributed by atoms with E-state index in [2.05, 4.69) is 10.0 Å². The number of anilines is 1. The van der Waals surface area contributed by atoms with Crippen LogP contribution in [0.4, 0.5) is 5.69 Å². The maximum atomic E-state index is 12.6. The van der Waals surface area contributed by atoms with Crippen LogP contribution in [0.2, 0.25) is 10.0 Å². The van der Waals surface area contributed by atoms with E-state index in [1.807, 2.05) is 0 Å². The lowest BCUT2D eigenvalue weighted by Crippen LogP contribution is -2.29. The molecular weight excluding hydrogens is 447 g/mol. The van der Waals surface area contributed by atoms with E-state index >= 15 is 0 Å². The fourth-order valence-electron chi connectivity index (χ4n) is 2.15. The quantitative estimate of drug-likeness (QED) is 0.623. The maximum absolute atomic E-state index is 12.6. The van der Waals surface area contributed by atoms with Gasteiger partial charge < -0.3 is 5.32 Å². The Morgan fingerprint density at radius 2 is 1.64 bits per heavy atom. The van der Waals surface area contributed by atoms with Crippen LogP contribution in [0.5, 0.6) is 0 Å². The molecule has 0 aliphatic rings. The Balaban J connectivity index is 2.19. The van der Waals surface area contributed by atoms with Crippen LogP contribution < -0.4 is 10.0 Å². The highest BCUT2D eigenvalue weighted by molar-refractivity contribution is 7.92. The van der Waals surface area contributed by atoms with E-state index in [4.69, 9.17) is 23.2 Å². The zero-order valence-electron chi connectivity index (χ0n) is 14.8. The van der Waals surface area contributed by atoms with Gasteiger partial charge in [0.05, 0.1) is 10.8 Å². The molecule has 0 aliphatic carbocycles. The third-order valence-corrected chi connectivity index (χ3v) is 7.54. The van der Waals surface area contributed by atoms with Crippen molar-refractivity contribution in [3.8, 4) is 0 Å². The molecule has 0 saturated carbocycles. The van der Waals surface area contributed by atoms with Gasteiger partial charge in [-0.25, -0.2) is 16.8 Å². The molecule has 0 atom stereocenters. The molecular formula is C17H18Cl2N2O5S2. The average Bonchev–Trinajstić information content (AvgIpc) is 2.63. The summed E-state index contributed by atoms with van der Waals surface area (Å²) in [5, 5.41) is 2.84. The first-order valence-electron chi connectivity index (χ1n) is 8.10. The number of rotatable bonds is 8. The molecule has 2 aromatic carbocycles. The first-order valence-corrected chi connectivity index (χ1v) is 12.2. The standard InChI is InChI=1S/C17H18Cl2N2O5S2/c1-2-27(23,24)10-9-20-17(22)12-3-8-15(19)16(11-12)28(25,26)21-14-6-4-13(18)5-7-14/h3-8,11,21H,2,9-10H2,1H3,(H,20,22). The van der Waals surface area contributed by atoms with E-state index in [9.17, 15) is 21.6 Å². The number of carbonyl (C=O) groups excluding carboxylic acids is 1. The van der Waals surface area contributed by atoms with Gasteiger partial charge in [-0.2, -0.15) is 0 Å². The first-order chi connectivity index (χ1) is 13.0. The van der Waals surface area contributed by atoms with Gasteiger partial charge in [-0.05, 0) is 42.5 Å². The number of sulfonamides is 1. The topological polar surface area (TPSA) is 109 Å². The van der Waals surface area contributed by atoms with Crippen molar-refractivity contribution in [3.05, 3.63) is 58.1 Å². The molecule has 2 rings (SSSR count). The third kappa shape index (κ3) is 6.10. The molecule has 0 heterocycles. The summed E-state index contributed by atoms with van der Waals surface area (Å²) in [6, 6.07) is 9.79. The highest BCUT2D eigenvalue weighted by Crippen LogP contribution is 2.25. The Labute approximate surface area is 174 Å². The SMILES string of the molecule is CCS(=O)(=O)CCNC(=O)c1ccc(Cl)c(S(=O)(=O)Nc2ccc(Cl)cc2)c1. The van der Waals surface area contributed by atoms with Crippen molar-refractivity contribution >= 4 is 54.7 Å². The molecule has 0 saturated heterocycles. The minimum Gasteiger partial charge on any atom is -0.351 e. The molecule has 1 amide bonds. The van der Waals surface area contributed by atoms with E-state index in [0.29, 0.717) is 5.02 Å². The minimum absolute atomic E-state index is 0.0252. The van der Waals surface area contributed by atoms with Crippen molar-refractivity contribution < 1.29 is 21.6 Å². The minimum atomic E-state index is -4.06. The van der Waals surface area contributed by atoms with E-state index in [-0.39, 0.29) is 39.2 Å². The fraction of sp³-hybridized carbons (Fsp3) is 0.235.